The molecule has 1 aliphatic heterocycles. The number of guanidine groups is 1. The van der Waals surface area contributed by atoms with Crippen molar-refractivity contribution in [1.29, 1.82) is 0 Å². The number of fused-ring (bicyclic) bond motifs is 1. The lowest BCUT2D eigenvalue weighted by atomic mass is 9.99. The predicted octanol–water partition coefficient (Wildman–Crippen LogP) is 3.28. The maximum atomic E-state index is 5.45. The van der Waals surface area contributed by atoms with Gasteiger partial charge >= 0.3 is 0 Å². The first-order chi connectivity index (χ1) is 13.1. The van der Waals surface area contributed by atoms with Gasteiger partial charge in [0.25, 0.3) is 0 Å². The average molecular weight is 504 g/mol. The number of aliphatic imine (C=N–C) groups is 1. The Morgan fingerprint density at radius 1 is 1.14 bits per heavy atom. The molecule has 6 nitrogen and oxygen atoms in total. The number of benzene rings is 1. The largest absolute Gasteiger partial charge is 0.493 e. The van der Waals surface area contributed by atoms with E-state index in [1.54, 1.807) is 14.2 Å². The minimum absolute atomic E-state index is 0. The number of halogens is 1. The summed E-state index contributed by atoms with van der Waals surface area (Å²) in [5.41, 5.74) is 2.69. The molecule has 1 aromatic rings. The van der Waals surface area contributed by atoms with Crippen LogP contribution in [0, 0.1) is 5.92 Å². The van der Waals surface area contributed by atoms with Gasteiger partial charge in [-0.05, 0) is 48.9 Å². The summed E-state index contributed by atoms with van der Waals surface area (Å²) in [7, 11) is 3.38. The lowest BCUT2D eigenvalue weighted by Gasteiger charge is -2.29. The molecule has 0 radical (unpaired) electrons. The van der Waals surface area contributed by atoms with E-state index in [0.29, 0.717) is 5.92 Å². The fraction of sp³-hybridized carbons (Fsp3) is 0.667. The molecule has 2 N–H and O–H groups in total. The summed E-state index contributed by atoms with van der Waals surface area (Å²) in [6, 6.07) is 4.24. The van der Waals surface area contributed by atoms with Crippen LogP contribution in [0.4, 0.5) is 0 Å². The van der Waals surface area contributed by atoms with Gasteiger partial charge in [-0.25, -0.2) is 0 Å². The van der Waals surface area contributed by atoms with Crippen molar-refractivity contribution in [2.45, 2.75) is 40.2 Å². The van der Waals surface area contributed by atoms with Crippen LogP contribution >= 0.6 is 24.0 Å². The molecule has 28 heavy (non-hydrogen) atoms. The molecule has 1 heterocycles. The van der Waals surface area contributed by atoms with Crippen LogP contribution in [0.5, 0.6) is 11.5 Å². The van der Waals surface area contributed by atoms with Gasteiger partial charge in [-0.2, -0.15) is 0 Å². The molecule has 0 spiro atoms. The van der Waals surface area contributed by atoms with E-state index in [-0.39, 0.29) is 24.0 Å². The van der Waals surface area contributed by atoms with E-state index in [1.165, 1.54) is 11.1 Å². The zero-order valence-electron chi connectivity index (χ0n) is 18.0. The molecule has 0 amide bonds. The van der Waals surface area contributed by atoms with E-state index in [2.05, 4.69) is 53.4 Å². The van der Waals surface area contributed by atoms with Crippen LogP contribution in [-0.2, 0) is 13.0 Å². The van der Waals surface area contributed by atoms with Crippen molar-refractivity contribution < 1.29 is 9.47 Å². The number of nitrogens with zero attached hydrogens (tertiary/aromatic N) is 2. The molecule has 0 bridgehead atoms. The van der Waals surface area contributed by atoms with E-state index >= 15 is 0 Å². The number of ether oxygens (including phenoxy) is 2. The smallest absolute Gasteiger partial charge is 0.191 e. The van der Waals surface area contributed by atoms with Crippen LogP contribution in [0.1, 0.15) is 38.3 Å². The third-order valence-electron chi connectivity index (χ3n) is 4.84. The maximum Gasteiger partial charge on any atom is 0.191 e. The second-order valence-corrected chi connectivity index (χ2v) is 7.37. The van der Waals surface area contributed by atoms with Gasteiger partial charge in [-0.1, -0.05) is 13.8 Å². The molecular weight excluding hydrogens is 467 g/mol. The third kappa shape index (κ3) is 7.66. The topological polar surface area (TPSA) is 58.1 Å². The van der Waals surface area contributed by atoms with Gasteiger partial charge in [0, 0.05) is 39.3 Å². The van der Waals surface area contributed by atoms with Crippen molar-refractivity contribution in [3.63, 3.8) is 0 Å². The van der Waals surface area contributed by atoms with Crippen molar-refractivity contribution in [2.75, 3.05) is 46.9 Å². The maximum absolute atomic E-state index is 5.45. The molecule has 0 fully saturated rings. The average Bonchev–Trinajstić information content (AvgIpc) is 2.66. The van der Waals surface area contributed by atoms with Gasteiger partial charge in [0.2, 0.25) is 0 Å². The van der Waals surface area contributed by atoms with Crippen molar-refractivity contribution in [1.82, 2.24) is 15.5 Å². The number of hydrogen-bond donors (Lipinski definition) is 2. The first-order valence-corrected chi connectivity index (χ1v) is 10.1. The highest BCUT2D eigenvalue weighted by atomic mass is 127. The van der Waals surface area contributed by atoms with Gasteiger partial charge in [-0.3, -0.25) is 9.89 Å². The lowest BCUT2D eigenvalue weighted by molar-refractivity contribution is 0.256. The highest BCUT2D eigenvalue weighted by Gasteiger charge is 2.19. The molecule has 1 aliphatic rings. The van der Waals surface area contributed by atoms with E-state index in [0.717, 1.165) is 69.6 Å². The second kappa shape index (κ2) is 13.1. The summed E-state index contributed by atoms with van der Waals surface area (Å²) in [4.78, 5) is 7.13. The summed E-state index contributed by atoms with van der Waals surface area (Å²) in [5, 5.41) is 6.79. The zero-order valence-corrected chi connectivity index (χ0v) is 20.3. The molecule has 1 aromatic carbocycles. The van der Waals surface area contributed by atoms with Crippen molar-refractivity contribution >= 4 is 29.9 Å². The summed E-state index contributed by atoms with van der Waals surface area (Å²) in [6.07, 6.45) is 2.16. The van der Waals surface area contributed by atoms with Crippen LogP contribution in [0.2, 0.25) is 0 Å². The lowest BCUT2D eigenvalue weighted by Crippen LogP contribution is -2.42. The number of nitrogens with one attached hydrogen (secondary N) is 2. The van der Waals surface area contributed by atoms with Crippen LogP contribution in [0.25, 0.3) is 0 Å². The number of rotatable bonds is 9. The predicted molar refractivity (Wildman–Crippen MR) is 127 cm³/mol. The second-order valence-electron chi connectivity index (χ2n) is 7.37. The third-order valence-corrected chi connectivity index (χ3v) is 4.84. The number of hydrogen-bond acceptors (Lipinski definition) is 4. The van der Waals surface area contributed by atoms with Crippen molar-refractivity contribution in [2.24, 2.45) is 10.9 Å². The first-order valence-electron chi connectivity index (χ1n) is 10.1. The Hall–Kier alpha value is -1.22. The SMILES string of the molecule is CCNC(=NCCC(C)C)NCCN1CCc2cc(OC)c(OC)cc2C1.I. The molecular formula is C21H37IN4O2. The van der Waals surface area contributed by atoms with Gasteiger partial charge < -0.3 is 20.1 Å². The molecule has 2 rings (SSSR count). The Bertz CT molecular complexity index is 623. The Balaban J connectivity index is 0.00000392. The van der Waals surface area contributed by atoms with Crippen LogP contribution in [0.15, 0.2) is 17.1 Å². The monoisotopic (exact) mass is 504 g/mol. The van der Waals surface area contributed by atoms with E-state index in [9.17, 15) is 0 Å². The summed E-state index contributed by atoms with van der Waals surface area (Å²) < 4.78 is 10.9. The summed E-state index contributed by atoms with van der Waals surface area (Å²) in [6.45, 7) is 12.2. The van der Waals surface area contributed by atoms with Crippen LogP contribution < -0.4 is 20.1 Å². The first kappa shape index (κ1) is 24.8. The molecule has 0 atom stereocenters. The molecule has 0 saturated heterocycles. The van der Waals surface area contributed by atoms with Crippen molar-refractivity contribution in [3.8, 4) is 11.5 Å². The van der Waals surface area contributed by atoms with Gasteiger partial charge in [-0.15, -0.1) is 24.0 Å². The van der Waals surface area contributed by atoms with Gasteiger partial charge in [0.05, 0.1) is 14.2 Å². The molecule has 0 saturated carbocycles. The van der Waals surface area contributed by atoms with Crippen LogP contribution in [0.3, 0.4) is 0 Å². The quantitative estimate of drug-likeness (QED) is 0.307. The van der Waals surface area contributed by atoms with Crippen molar-refractivity contribution in [3.05, 3.63) is 23.3 Å². The molecule has 160 valence electrons. The fourth-order valence-corrected chi connectivity index (χ4v) is 3.24. The van der Waals surface area contributed by atoms with Crippen LogP contribution in [-0.4, -0.2) is 57.8 Å². The highest BCUT2D eigenvalue weighted by Crippen LogP contribution is 2.33. The Kier molecular flexibility index (Phi) is 11.6. The van der Waals surface area contributed by atoms with E-state index in [1.807, 2.05) is 0 Å². The van der Waals surface area contributed by atoms with E-state index < -0.39 is 0 Å². The Morgan fingerprint density at radius 2 is 1.82 bits per heavy atom. The van der Waals surface area contributed by atoms with E-state index in [4.69, 9.17) is 9.47 Å². The van der Waals surface area contributed by atoms with Gasteiger partial charge in [0.1, 0.15) is 0 Å². The Morgan fingerprint density at radius 3 is 2.43 bits per heavy atom. The minimum Gasteiger partial charge on any atom is -0.493 e. The van der Waals surface area contributed by atoms with Gasteiger partial charge in [0.15, 0.2) is 17.5 Å². The molecule has 0 aromatic heterocycles. The Labute approximate surface area is 187 Å². The fourth-order valence-electron chi connectivity index (χ4n) is 3.24. The highest BCUT2D eigenvalue weighted by molar-refractivity contribution is 14.0. The summed E-state index contributed by atoms with van der Waals surface area (Å²) in [5.74, 6) is 3.23. The normalized spacial score (nSPS) is 14.3. The zero-order chi connectivity index (χ0) is 19.6. The molecule has 7 heteroatoms. The number of methoxy groups -OCH3 is 2. The summed E-state index contributed by atoms with van der Waals surface area (Å²) >= 11 is 0. The molecule has 0 unspecified atom stereocenters. The molecule has 0 aliphatic carbocycles. The minimum atomic E-state index is 0. The standard InChI is InChI=1S/C21H36N4O2.HI/c1-6-22-21(23-9-7-16(2)3)24-10-12-25-11-8-17-13-19(26-4)20(27-5)14-18(17)15-25;/h13-14,16H,6-12,15H2,1-5H3,(H2,22,23,24);1H.